The molecule has 2 aliphatic rings. The quantitative estimate of drug-likeness (QED) is 0.718. The topological polar surface area (TPSA) is 69.5 Å². The molecule has 8 heteroatoms. The van der Waals surface area contributed by atoms with Crippen LogP contribution in [0.1, 0.15) is 24.6 Å². The lowest BCUT2D eigenvalue weighted by Gasteiger charge is -2.38. The third-order valence-corrected chi connectivity index (χ3v) is 4.62. The number of aromatic nitrogens is 3. The smallest absolute Gasteiger partial charge is 0.260 e. The number of carbonyl (C=O) groups excluding carboxylic acids is 1. The molecule has 1 aromatic carbocycles. The summed E-state index contributed by atoms with van der Waals surface area (Å²) in [6.07, 6.45) is 4.42. The number of hydrogen-bond acceptors (Lipinski definition) is 5. The monoisotopic (exact) mass is 360 g/mol. The number of halogens is 1. The van der Waals surface area contributed by atoms with E-state index in [-0.39, 0.29) is 24.4 Å². The summed E-state index contributed by atoms with van der Waals surface area (Å²) in [6, 6.07) is 5.74. The van der Waals surface area contributed by atoms with Crippen LogP contribution in [0.25, 0.3) is 0 Å². The summed E-state index contributed by atoms with van der Waals surface area (Å²) in [6.45, 7) is 2.38. The first-order chi connectivity index (χ1) is 12.7. The minimum Gasteiger partial charge on any atom is -0.484 e. The summed E-state index contributed by atoms with van der Waals surface area (Å²) < 4.78 is 25.6. The van der Waals surface area contributed by atoms with E-state index < -0.39 is 0 Å². The molecule has 1 aromatic heterocycles. The summed E-state index contributed by atoms with van der Waals surface area (Å²) in [7, 11) is 0. The van der Waals surface area contributed by atoms with Crippen LogP contribution < -0.4 is 4.74 Å². The molecule has 1 saturated carbocycles. The SMILES string of the molecule is O=C(COc1ccc(F)cc1)N1CC(n2cc(COCC3CC3)nn2)C1. The highest BCUT2D eigenvalue weighted by atomic mass is 19.1. The van der Waals surface area contributed by atoms with E-state index in [0.29, 0.717) is 25.4 Å². The van der Waals surface area contributed by atoms with Gasteiger partial charge in [0.2, 0.25) is 0 Å². The van der Waals surface area contributed by atoms with E-state index in [0.717, 1.165) is 18.2 Å². The molecule has 26 heavy (non-hydrogen) atoms. The van der Waals surface area contributed by atoms with E-state index in [1.165, 1.54) is 37.1 Å². The maximum Gasteiger partial charge on any atom is 0.260 e. The van der Waals surface area contributed by atoms with Gasteiger partial charge in [0.25, 0.3) is 5.91 Å². The molecule has 1 amide bonds. The van der Waals surface area contributed by atoms with Gasteiger partial charge in [-0.1, -0.05) is 5.21 Å². The van der Waals surface area contributed by atoms with Gasteiger partial charge in [0.15, 0.2) is 6.61 Å². The number of carbonyl (C=O) groups is 1. The van der Waals surface area contributed by atoms with Crippen LogP contribution in [0.15, 0.2) is 30.5 Å². The van der Waals surface area contributed by atoms with Crippen molar-refractivity contribution >= 4 is 5.91 Å². The second kappa shape index (κ2) is 7.41. The number of rotatable bonds is 8. The minimum atomic E-state index is -0.334. The average molecular weight is 360 g/mol. The van der Waals surface area contributed by atoms with E-state index in [9.17, 15) is 9.18 Å². The number of nitrogens with zero attached hydrogens (tertiary/aromatic N) is 4. The Morgan fingerprint density at radius 2 is 2.00 bits per heavy atom. The standard InChI is InChI=1S/C18H21FN4O3/c19-14-3-5-17(6-4-14)26-12-18(24)22-8-16(9-22)23-7-15(20-21-23)11-25-10-13-1-2-13/h3-7,13,16H,1-2,8-12H2. The molecule has 2 heterocycles. The molecular formula is C18H21FN4O3. The predicted octanol–water partition coefficient (Wildman–Crippen LogP) is 1.81. The molecule has 7 nitrogen and oxygen atoms in total. The minimum absolute atomic E-state index is 0.0596. The molecular weight excluding hydrogens is 339 g/mol. The third-order valence-electron chi connectivity index (χ3n) is 4.62. The third kappa shape index (κ3) is 4.19. The van der Waals surface area contributed by atoms with Gasteiger partial charge in [-0.05, 0) is 43.0 Å². The Morgan fingerprint density at radius 3 is 2.73 bits per heavy atom. The van der Waals surface area contributed by atoms with Gasteiger partial charge in [0, 0.05) is 19.7 Å². The van der Waals surface area contributed by atoms with Crippen molar-refractivity contribution in [1.82, 2.24) is 19.9 Å². The number of likely N-dealkylation sites (tertiary alicyclic amines) is 1. The van der Waals surface area contributed by atoms with Gasteiger partial charge < -0.3 is 14.4 Å². The summed E-state index contributed by atoms with van der Waals surface area (Å²) in [5, 5.41) is 8.25. The molecule has 2 fully saturated rings. The molecule has 1 aliphatic carbocycles. The fourth-order valence-electron chi connectivity index (χ4n) is 2.77. The van der Waals surface area contributed by atoms with Crippen LogP contribution in [0.2, 0.25) is 0 Å². The zero-order valence-corrected chi connectivity index (χ0v) is 14.4. The predicted molar refractivity (Wildman–Crippen MR) is 89.9 cm³/mol. The first-order valence-electron chi connectivity index (χ1n) is 8.82. The van der Waals surface area contributed by atoms with Crippen LogP contribution in [0.3, 0.4) is 0 Å². The van der Waals surface area contributed by atoms with Gasteiger partial charge in [0.05, 0.1) is 18.8 Å². The van der Waals surface area contributed by atoms with Crippen molar-refractivity contribution < 1.29 is 18.7 Å². The van der Waals surface area contributed by atoms with Crippen LogP contribution in [0, 0.1) is 11.7 Å². The van der Waals surface area contributed by atoms with Gasteiger partial charge in [-0.2, -0.15) is 0 Å². The van der Waals surface area contributed by atoms with Crippen LogP contribution in [-0.4, -0.2) is 52.1 Å². The maximum atomic E-state index is 12.8. The van der Waals surface area contributed by atoms with Crippen LogP contribution in [0.4, 0.5) is 4.39 Å². The van der Waals surface area contributed by atoms with Crippen molar-refractivity contribution in [3.63, 3.8) is 0 Å². The normalized spacial score (nSPS) is 17.2. The highest BCUT2D eigenvalue weighted by Crippen LogP contribution is 2.29. The average Bonchev–Trinajstić information content (AvgIpc) is 3.31. The van der Waals surface area contributed by atoms with Gasteiger partial charge in [-0.3, -0.25) is 4.79 Å². The second-order valence-electron chi connectivity index (χ2n) is 6.84. The van der Waals surface area contributed by atoms with Gasteiger partial charge in [0.1, 0.15) is 17.3 Å². The largest absolute Gasteiger partial charge is 0.484 e. The number of hydrogen-bond donors (Lipinski definition) is 0. The van der Waals surface area contributed by atoms with Crippen LogP contribution in [-0.2, 0) is 16.1 Å². The zero-order chi connectivity index (χ0) is 17.9. The maximum absolute atomic E-state index is 12.8. The summed E-state index contributed by atoms with van der Waals surface area (Å²) in [5.41, 5.74) is 0.815. The summed E-state index contributed by atoms with van der Waals surface area (Å²) in [4.78, 5) is 13.8. The lowest BCUT2D eigenvalue weighted by molar-refractivity contribution is -0.139. The van der Waals surface area contributed by atoms with E-state index in [1.54, 1.807) is 9.58 Å². The van der Waals surface area contributed by atoms with Crippen LogP contribution >= 0.6 is 0 Å². The van der Waals surface area contributed by atoms with Crippen molar-refractivity contribution in [2.24, 2.45) is 5.92 Å². The second-order valence-corrected chi connectivity index (χ2v) is 6.84. The first-order valence-corrected chi connectivity index (χ1v) is 8.82. The fraction of sp³-hybridized carbons (Fsp3) is 0.500. The molecule has 1 aliphatic heterocycles. The number of amides is 1. The molecule has 138 valence electrons. The van der Waals surface area contributed by atoms with E-state index in [2.05, 4.69) is 10.3 Å². The summed E-state index contributed by atoms with van der Waals surface area (Å²) >= 11 is 0. The molecule has 0 N–H and O–H groups in total. The Morgan fingerprint density at radius 1 is 1.23 bits per heavy atom. The molecule has 0 spiro atoms. The fourth-order valence-corrected chi connectivity index (χ4v) is 2.77. The van der Waals surface area contributed by atoms with Gasteiger partial charge in [-0.25, -0.2) is 9.07 Å². The van der Waals surface area contributed by atoms with Crippen molar-refractivity contribution in [2.45, 2.75) is 25.5 Å². The Bertz CT molecular complexity index is 754. The molecule has 1 saturated heterocycles. The van der Waals surface area contributed by atoms with Crippen molar-refractivity contribution in [1.29, 1.82) is 0 Å². The van der Waals surface area contributed by atoms with Crippen molar-refractivity contribution in [2.75, 3.05) is 26.3 Å². The molecule has 0 atom stereocenters. The first kappa shape index (κ1) is 17.0. The van der Waals surface area contributed by atoms with Crippen LogP contribution in [0.5, 0.6) is 5.75 Å². The zero-order valence-electron chi connectivity index (χ0n) is 14.4. The molecule has 0 radical (unpaired) electrons. The van der Waals surface area contributed by atoms with E-state index in [4.69, 9.17) is 9.47 Å². The Labute approximate surface area is 150 Å². The Balaban J connectivity index is 1.18. The van der Waals surface area contributed by atoms with E-state index in [1.807, 2.05) is 6.20 Å². The Hall–Kier alpha value is -2.48. The van der Waals surface area contributed by atoms with Crippen molar-refractivity contribution in [3.05, 3.63) is 42.0 Å². The van der Waals surface area contributed by atoms with E-state index >= 15 is 0 Å². The van der Waals surface area contributed by atoms with Gasteiger partial charge in [-0.15, -0.1) is 5.10 Å². The summed E-state index contributed by atoms with van der Waals surface area (Å²) in [5.74, 6) is 0.774. The molecule has 4 rings (SSSR count). The molecule has 0 bridgehead atoms. The molecule has 2 aromatic rings. The lowest BCUT2D eigenvalue weighted by atomic mass is 10.1. The highest BCUT2D eigenvalue weighted by molar-refractivity contribution is 5.78. The van der Waals surface area contributed by atoms with Crippen molar-refractivity contribution in [3.8, 4) is 5.75 Å². The Kier molecular flexibility index (Phi) is 4.83. The molecule has 0 unspecified atom stereocenters. The lowest BCUT2D eigenvalue weighted by Crippen LogP contribution is -2.52. The number of benzene rings is 1. The van der Waals surface area contributed by atoms with Gasteiger partial charge >= 0.3 is 0 Å². The number of ether oxygens (including phenoxy) is 2. The highest BCUT2D eigenvalue weighted by Gasteiger charge is 2.33.